The first-order chi connectivity index (χ1) is 15.6. The fraction of sp³-hybridized carbons (Fsp3) is 0.320. The average Bonchev–Trinajstić information content (AvgIpc) is 3.39. The van der Waals surface area contributed by atoms with Crippen molar-refractivity contribution in [2.45, 2.75) is 24.9 Å². The third kappa shape index (κ3) is 3.12. The number of carbonyl (C=O) groups is 1. The van der Waals surface area contributed by atoms with Crippen molar-refractivity contribution in [2.75, 3.05) is 37.3 Å². The molecule has 1 amide bonds. The summed E-state index contributed by atoms with van der Waals surface area (Å²) in [7, 11) is 2.22. The molecule has 2 saturated heterocycles. The minimum atomic E-state index is -0.0245. The van der Waals surface area contributed by atoms with E-state index < -0.39 is 0 Å². The molecular formula is C25H26N6O. The molecule has 0 spiro atoms. The predicted octanol–water partition coefficient (Wildman–Crippen LogP) is 2.57. The van der Waals surface area contributed by atoms with Crippen LogP contribution in [0, 0.1) is 0 Å². The zero-order valence-electron chi connectivity index (χ0n) is 18.1. The second-order valence-electron chi connectivity index (χ2n) is 9.05. The van der Waals surface area contributed by atoms with Crippen LogP contribution < -0.4 is 16.0 Å². The molecule has 2 atom stereocenters. The minimum absolute atomic E-state index is 0.0245. The second kappa shape index (κ2) is 7.31. The monoisotopic (exact) mass is 426 g/mol. The number of nitrogens with one attached hydrogen (secondary N) is 1. The lowest BCUT2D eigenvalue weighted by Crippen LogP contribution is -2.44. The summed E-state index contributed by atoms with van der Waals surface area (Å²) in [5.41, 5.74) is 12.6. The van der Waals surface area contributed by atoms with Crippen LogP contribution in [0.4, 0.5) is 11.5 Å². The zero-order chi connectivity index (χ0) is 21.8. The van der Waals surface area contributed by atoms with Crippen molar-refractivity contribution in [3.63, 3.8) is 0 Å². The molecule has 2 fully saturated rings. The molecule has 1 aromatic heterocycles. The zero-order valence-corrected chi connectivity index (χ0v) is 18.1. The number of rotatable bonds is 3. The lowest BCUT2D eigenvalue weighted by atomic mass is 9.96. The lowest BCUT2D eigenvalue weighted by Gasteiger charge is -2.33. The Balaban J connectivity index is 1.29. The summed E-state index contributed by atoms with van der Waals surface area (Å²) < 4.78 is 0. The van der Waals surface area contributed by atoms with Crippen LogP contribution in [0.15, 0.2) is 48.7 Å². The summed E-state index contributed by atoms with van der Waals surface area (Å²) >= 11 is 0. The van der Waals surface area contributed by atoms with Gasteiger partial charge in [0.15, 0.2) is 0 Å². The van der Waals surface area contributed by atoms with Crippen molar-refractivity contribution >= 4 is 17.4 Å². The largest absolute Gasteiger partial charge is 0.382 e. The third-order valence-electron chi connectivity index (χ3n) is 7.11. The number of nitrogens with zero attached hydrogens (tertiary/aromatic N) is 4. The van der Waals surface area contributed by atoms with Gasteiger partial charge < -0.3 is 16.0 Å². The molecule has 4 heterocycles. The number of hydrogen-bond donors (Lipinski definition) is 2. The van der Waals surface area contributed by atoms with Gasteiger partial charge in [-0.3, -0.25) is 9.69 Å². The standard InChI is InChI=1S/C25H26N6O/c1-30-13-20-11-19(30)14-31(20)18-5-2-15(3-6-18)22-12-28-24(26)23(29-22)17-4-7-21-16(10-17)8-9-27-25(21)32/h2-7,10,12,19-20H,8-9,11,13-14H2,1H3,(H2,26,28)(H,27,32)/t19-,20-/m0/s1. The normalized spacial score (nSPS) is 22.2. The van der Waals surface area contributed by atoms with Crippen molar-refractivity contribution in [2.24, 2.45) is 0 Å². The fourth-order valence-corrected chi connectivity index (χ4v) is 5.33. The first kappa shape index (κ1) is 19.3. The van der Waals surface area contributed by atoms with E-state index in [0.29, 0.717) is 30.1 Å². The van der Waals surface area contributed by atoms with E-state index >= 15 is 0 Å². The molecule has 0 saturated carbocycles. The number of fused-ring (bicyclic) bond motifs is 3. The summed E-state index contributed by atoms with van der Waals surface area (Å²) in [5.74, 6) is 0.367. The van der Waals surface area contributed by atoms with Gasteiger partial charge in [0.05, 0.1) is 11.9 Å². The highest BCUT2D eigenvalue weighted by atomic mass is 16.1. The molecule has 0 unspecified atom stereocenters. The molecule has 2 bridgehead atoms. The molecule has 7 heteroatoms. The number of piperazine rings is 1. The molecule has 2 aromatic carbocycles. The number of anilines is 2. The van der Waals surface area contributed by atoms with E-state index in [2.05, 4.69) is 51.4 Å². The molecule has 0 radical (unpaired) electrons. The Labute approximate surface area is 187 Å². The Morgan fingerprint density at radius 2 is 1.88 bits per heavy atom. The summed E-state index contributed by atoms with van der Waals surface area (Å²) in [6.07, 6.45) is 3.79. The van der Waals surface area contributed by atoms with Crippen LogP contribution in [0.2, 0.25) is 0 Å². The number of amides is 1. The highest BCUT2D eigenvalue weighted by Crippen LogP contribution is 2.35. The van der Waals surface area contributed by atoms with Crippen LogP contribution in [0.5, 0.6) is 0 Å². The van der Waals surface area contributed by atoms with Crippen LogP contribution in [0.1, 0.15) is 22.3 Å². The molecule has 3 aliphatic rings. The third-order valence-corrected chi connectivity index (χ3v) is 7.11. The maximum absolute atomic E-state index is 12.1. The van der Waals surface area contributed by atoms with Crippen molar-refractivity contribution in [3.8, 4) is 22.5 Å². The summed E-state index contributed by atoms with van der Waals surface area (Å²) in [5, 5.41) is 2.88. The maximum Gasteiger partial charge on any atom is 0.251 e. The molecule has 32 heavy (non-hydrogen) atoms. The molecule has 162 valence electrons. The predicted molar refractivity (Wildman–Crippen MR) is 126 cm³/mol. The summed E-state index contributed by atoms with van der Waals surface area (Å²) in [6.45, 7) is 2.89. The number of likely N-dealkylation sites (N-methyl/N-ethyl adjacent to an activating group) is 1. The van der Waals surface area contributed by atoms with E-state index in [4.69, 9.17) is 10.7 Å². The number of nitrogen functional groups attached to an aromatic ring is 1. The van der Waals surface area contributed by atoms with E-state index in [1.807, 2.05) is 18.2 Å². The second-order valence-corrected chi connectivity index (χ2v) is 9.05. The van der Waals surface area contributed by atoms with Gasteiger partial charge >= 0.3 is 0 Å². The Kier molecular flexibility index (Phi) is 4.40. The van der Waals surface area contributed by atoms with Gasteiger partial charge in [-0.05, 0) is 49.7 Å². The fourth-order valence-electron chi connectivity index (χ4n) is 5.33. The summed E-state index contributed by atoms with van der Waals surface area (Å²) in [4.78, 5) is 26.3. The van der Waals surface area contributed by atoms with E-state index in [1.165, 1.54) is 12.1 Å². The molecule has 3 aliphatic heterocycles. The van der Waals surface area contributed by atoms with Gasteiger partial charge in [-0.15, -0.1) is 0 Å². The maximum atomic E-state index is 12.1. The van der Waals surface area contributed by atoms with Crippen molar-refractivity contribution in [3.05, 3.63) is 59.8 Å². The number of carbonyl (C=O) groups excluding carboxylic acids is 1. The van der Waals surface area contributed by atoms with Gasteiger partial charge in [-0.1, -0.05) is 18.2 Å². The molecule has 3 aromatic rings. The van der Waals surface area contributed by atoms with Crippen molar-refractivity contribution < 1.29 is 4.79 Å². The van der Waals surface area contributed by atoms with E-state index in [9.17, 15) is 4.79 Å². The Hall–Kier alpha value is -3.45. The number of hydrogen-bond acceptors (Lipinski definition) is 6. The smallest absolute Gasteiger partial charge is 0.251 e. The van der Waals surface area contributed by atoms with Crippen LogP contribution >= 0.6 is 0 Å². The summed E-state index contributed by atoms with van der Waals surface area (Å²) in [6, 6.07) is 15.7. The highest BCUT2D eigenvalue weighted by molar-refractivity contribution is 5.97. The van der Waals surface area contributed by atoms with E-state index in [0.717, 1.165) is 47.5 Å². The van der Waals surface area contributed by atoms with Crippen LogP contribution in [-0.4, -0.2) is 59.5 Å². The Morgan fingerprint density at radius 3 is 2.62 bits per heavy atom. The number of likely N-dealkylation sites (tertiary alicyclic amines) is 1. The van der Waals surface area contributed by atoms with Gasteiger partial charge in [0, 0.05) is 54.1 Å². The molecule has 3 N–H and O–H groups in total. The average molecular weight is 427 g/mol. The van der Waals surface area contributed by atoms with E-state index in [-0.39, 0.29) is 5.91 Å². The molecular weight excluding hydrogens is 400 g/mol. The molecule has 0 aliphatic carbocycles. The van der Waals surface area contributed by atoms with Crippen molar-refractivity contribution in [1.82, 2.24) is 20.2 Å². The first-order valence-corrected chi connectivity index (χ1v) is 11.2. The van der Waals surface area contributed by atoms with Gasteiger partial charge in [0.1, 0.15) is 11.5 Å². The molecule has 7 nitrogen and oxygen atoms in total. The SMILES string of the molecule is CN1C[C@@H]2C[C@H]1CN2c1ccc(-c2cnc(N)c(-c3ccc4c(c3)CCNC4=O)n2)cc1. The van der Waals surface area contributed by atoms with Gasteiger partial charge in [-0.25, -0.2) is 9.97 Å². The first-order valence-electron chi connectivity index (χ1n) is 11.2. The highest BCUT2D eigenvalue weighted by Gasteiger charge is 2.41. The minimum Gasteiger partial charge on any atom is -0.382 e. The lowest BCUT2D eigenvalue weighted by molar-refractivity contribution is 0.0946. The number of nitrogens with two attached hydrogens (primary N) is 1. The van der Waals surface area contributed by atoms with Crippen LogP contribution in [0.25, 0.3) is 22.5 Å². The van der Waals surface area contributed by atoms with Crippen molar-refractivity contribution in [1.29, 1.82) is 0 Å². The molecule has 6 rings (SSSR count). The van der Waals surface area contributed by atoms with Crippen LogP contribution in [-0.2, 0) is 6.42 Å². The number of benzene rings is 2. The van der Waals surface area contributed by atoms with E-state index in [1.54, 1.807) is 6.20 Å². The van der Waals surface area contributed by atoms with Gasteiger partial charge in [0.2, 0.25) is 0 Å². The Bertz CT molecular complexity index is 1210. The van der Waals surface area contributed by atoms with Crippen LogP contribution in [0.3, 0.4) is 0 Å². The Morgan fingerprint density at radius 1 is 1.06 bits per heavy atom. The number of aromatic nitrogens is 2. The topological polar surface area (TPSA) is 87.4 Å². The van der Waals surface area contributed by atoms with Gasteiger partial charge in [-0.2, -0.15) is 0 Å². The van der Waals surface area contributed by atoms with Gasteiger partial charge in [0.25, 0.3) is 5.91 Å². The quantitative estimate of drug-likeness (QED) is 0.669.